The van der Waals surface area contributed by atoms with Gasteiger partial charge in [-0.1, -0.05) is 52.7 Å². The number of amides is 3. The first-order valence-electron chi connectivity index (χ1n) is 12.3. The van der Waals surface area contributed by atoms with Crippen molar-refractivity contribution in [3.8, 4) is 5.75 Å². The van der Waals surface area contributed by atoms with Crippen LogP contribution in [0.5, 0.6) is 5.75 Å². The Morgan fingerprint density at radius 1 is 1.00 bits per heavy atom. The lowest BCUT2D eigenvalue weighted by molar-refractivity contribution is -0.137. The molecular formula is C26H43N3O5. The summed E-state index contributed by atoms with van der Waals surface area (Å²) in [4.78, 5) is 36.9. The molecule has 192 valence electrons. The fourth-order valence-corrected chi connectivity index (χ4v) is 3.69. The molecule has 0 radical (unpaired) electrons. The lowest BCUT2D eigenvalue weighted by atomic mass is 9.85. The zero-order valence-electron chi connectivity index (χ0n) is 21.4. The molecule has 0 aliphatic carbocycles. The molecule has 4 N–H and O–H groups in total. The van der Waals surface area contributed by atoms with Crippen LogP contribution < -0.4 is 20.9 Å². The molecule has 0 spiro atoms. The maximum atomic E-state index is 12.9. The number of hydroxylamine groups is 1. The monoisotopic (exact) mass is 477 g/mol. The van der Waals surface area contributed by atoms with Crippen molar-refractivity contribution in [2.24, 2.45) is 11.3 Å². The van der Waals surface area contributed by atoms with Gasteiger partial charge in [0.15, 0.2) is 0 Å². The van der Waals surface area contributed by atoms with Crippen LogP contribution in [0.25, 0.3) is 0 Å². The number of benzene rings is 1. The van der Waals surface area contributed by atoms with Crippen molar-refractivity contribution >= 4 is 17.7 Å². The number of hydrogen-bond acceptors (Lipinski definition) is 5. The zero-order valence-corrected chi connectivity index (χ0v) is 21.4. The molecule has 0 saturated heterocycles. The third-order valence-corrected chi connectivity index (χ3v) is 5.80. The summed E-state index contributed by atoms with van der Waals surface area (Å²) >= 11 is 0. The van der Waals surface area contributed by atoms with Crippen LogP contribution in [0.3, 0.4) is 0 Å². The summed E-state index contributed by atoms with van der Waals surface area (Å²) < 4.78 is 5.81. The Kier molecular flexibility index (Phi) is 13.3. The average molecular weight is 478 g/mol. The molecule has 8 heteroatoms. The Labute approximate surface area is 204 Å². The van der Waals surface area contributed by atoms with E-state index < -0.39 is 23.3 Å². The highest BCUT2D eigenvalue weighted by Crippen LogP contribution is 2.22. The van der Waals surface area contributed by atoms with Gasteiger partial charge in [0.2, 0.25) is 17.7 Å². The van der Waals surface area contributed by atoms with Crippen LogP contribution in [-0.4, -0.2) is 42.6 Å². The van der Waals surface area contributed by atoms with Crippen LogP contribution in [0.1, 0.15) is 78.2 Å². The Balaban J connectivity index is 2.57. The fourth-order valence-electron chi connectivity index (χ4n) is 3.69. The smallest absolute Gasteiger partial charge is 0.244 e. The van der Waals surface area contributed by atoms with Gasteiger partial charge in [-0.2, -0.15) is 0 Å². The van der Waals surface area contributed by atoms with Crippen molar-refractivity contribution in [2.75, 3.05) is 13.7 Å². The van der Waals surface area contributed by atoms with Gasteiger partial charge in [-0.3, -0.25) is 19.6 Å². The van der Waals surface area contributed by atoms with E-state index in [-0.39, 0.29) is 18.2 Å². The number of aryl methyl sites for hydroxylation is 1. The van der Waals surface area contributed by atoms with Crippen LogP contribution in [-0.2, 0) is 20.8 Å². The summed E-state index contributed by atoms with van der Waals surface area (Å²) in [5.74, 6) is -1.17. The molecule has 0 heterocycles. The minimum absolute atomic E-state index is 0.159. The summed E-state index contributed by atoms with van der Waals surface area (Å²) in [6.07, 6.45) is 6.36. The predicted molar refractivity (Wildman–Crippen MR) is 133 cm³/mol. The van der Waals surface area contributed by atoms with Gasteiger partial charge in [0.05, 0.1) is 6.61 Å². The topological polar surface area (TPSA) is 117 Å². The molecule has 1 rings (SSSR count). The van der Waals surface area contributed by atoms with Crippen molar-refractivity contribution < 1.29 is 24.3 Å². The van der Waals surface area contributed by atoms with Crippen LogP contribution in [0.2, 0.25) is 0 Å². The predicted octanol–water partition coefficient (Wildman–Crippen LogP) is 3.76. The van der Waals surface area contributed by atoms with Crippen molar-refractivity contribution in [2.45, 2.75) is 85.1 Å². The largest absolute Gasteiger partial charge is 0.494 e. The first-order chi connectivity index (χ1) is 16.1. The number of carbonyl (C=O) groups excluding carboxylic acids is 3. The summed E-state index contributed by atoms with van der Waals surface area (Å²) in [7, 11) is 1.52. The minimum Gasteiger partial charge on any atom is -0.494 e. The van der Waals surface area contributed by atoms with Gasteiger partial charge >= 0.3 is 0 Å². The van der Waals surface area contributed by atoms with Gasteiger partial charge in [-0.05, 0) is 55.2 Å². The van der Waals surface area contributed by atoms with E-state index in [9.17, 15) is 14.4 Å². The van der Waals surface area contributed by atoms with Gasteiger partial charge in [0.25, 0.3) is 0 Å². The van der Waals surface area contributed by atoms with E-state index in [1.165, 1.54) is 31.9 Å². The van der Waals surface area contributed by atoms with E-state index in [0.717, 1.165) is 12.2 Å². The zero-order chi connectivity index (χ0) is 25.6. The standard InChI is InChI=1S/C26H43N3O5/c1-6-7-8-11-19-13-15-21(16-14-19)34-17-10-9-12-20(18-22(30)29-33)24(31)28-23(25(32)27-5)26(2,3)4/h13-16,20,23,33H,6-12,17-18H2,1-5H3,(H,27,32)(H,28,31)(H,29,30)/t20-,23-/m1/s1. The maximum Gasteiger partial charge on any atom is 0.244 e. The Bertz CT molecular complexity index is 759. The van der Waals surface area contributed by atoms with Crippen LogP contribution in [0, 0.1) is 11.3 Å². The summed E-state index contributed by atoms with van der Waals surface area (Å²) in [5, 5.41) is 14.3. The van der Waals surface area contributed by atoms with E-state index in [0.29, 0.717) is 25.9 Å². The number of nitrogens with one attached hydrogen (secondary N) is 3. The number of carbonyl (C=O) groups is 3. The van der Waals surface area contributed by atoms with Crippen molar-refractivity contribution in [1.29, 1.82) is 0 Å². The van der Waals surface area contributed by atoms with Gasteiger partial charge < -0.3 is 15.4 Å². The van der Waals surface area contributed by atoms with Crippen molar-refractivity contribution in [1.82, 2.24) is 16.1 Å². The van der Waals surface area contributed by atoms with Gasteiger partial charge in [0, 0.05) is 19.4 Å². The van der Waals surface area contributed by atoms with Gasteiger partial charge in [0.1, 0.15) is 11.8 Å². The van der Waals surface area contributed by atoms with E-state index in [1.54, 1.807) is 5.48 Å². The molecule has 1 aromatic rings. The second kappa shape index (κ2) is 15.3. The quantitative estimate of drug-likeness (QED) is 0.174. The number of likely N-dealkylation sites (N-methyl/N-ethyl adjacent to an activating group) is 1. The lowest BCUT2D eigenvalue weighted by Gasteiger charge is -2.31. The second-order valence-electron chi connectivity index (χ2n) is 9.80. The maximum absolute atomic E-state index is 12.9. The molecule has 0 unspecified atom stereocenters. The molecule has 0 fully saturated rings. The highest BCUT2D eigenvalue weighted by atomic mass is 16.5. The van der Waals surface area contributed by atoms with Crippen LogP contribution in [0.4, 0.5) is 0 Å². The average Bonchev–Trinajstić information content (AvgIpc) is 2.81. The number of ether oxygens (including phenoxy) is 1. The molecule has 1 aromatic carbocycles. The van der Waals surface area contributed by atoms with Crippen molar-refractivity contribution in [3.05, 3.63) is 29.8 Å². The first kappa shape index (κ1) is 29.4. The molecule has 8 nitrogen and oxygen atoms in total. The Morgan fingerprint density at radius 3 is 2.24 bits per heavy atom. The van der Waals surface area contributed by atoms with Gasteiger partial charge in [-0.25, -0.2) is 5.48 Å². The third kappa shape index (κ3) is 11.0. The minimum atomic E-state index is -0.738. The lowest BCUT2D eigenvalue weighted by Crippen LogP contribution is -2.54. The molecule has 3 amide bonds. The third-order valence-electron chi connectivity index (χ3n) is 5.80. The Morgan fingerprint density at radius 2 is 1.68 bits per heavy atom. The molecule has 0 aromatic heterocycles. The SMILES string of the molecule is CCCCCc1ccc(OCCCC[C@H](CC(=O)NO)C(=O)N[C@H](C(=O)NC)C(C)(C)C)cc1. The fraction of sp³-hybridized carbons (Fsp3) is 0.654. The first-order valence-corrected chi connectivity index (χ1v) is 12.3. The normalized spacial score (nSPS) is 13.0. The summed E-state index contributed by atoms with van der Waals surface area (Å²) in [6, 6.07) is 7.41. The molecule has 2 atom stereocenters. The number of hydrogen-bond donors (Lipinski definition) is 4. The summed E-state index contributed by atoms with van der Waals surface area (Å²) in [6.45, 7) is 8.27. The second-order valence-corrected chi connectivity index (χ2v) is 9.80. The molecule has 0 aliphatic rings. The number of rotatable bonds is 15. The number of unbranched alkanes of at least 4 members (excludes halogenated alkanes) is 3. The molecule has 0 saturated carbocycles. The molecule has 0 bridgehead atoms. The van der Waals surface area contributed by atoms with Crippen molar-refractivity contribution in [3.63, 3.8) is 0 Å². The molecule has 34 heavy (non-hydrogen) atoms. The van der Waals surface area contributed by atoms with Crippen LogP contribution in [0.15, 0.2) is 24.3 Å². The van der Waals surface area contributed by atoms with E-state index in [4.69, 9.17) is 9.94 Å². The van der Waals surface area contributed by atoms with E-state index in [2.05, 4.69) is 29.7 Å². The highest BCUT2D eigenvalue weighted by Gasteiger charge is 2.34. The highest BCUT2D eigenvalue weighted by molar-refractivity contribution is 5.90. The summed E-state index contributed by atoms with van der Waals surface area (Å²) in [5.41, 5.74) is 2.39. The Hall–Kier alpha value is -2.61. The van der Waals surface area contributed by atoms with E-state index >= 15 is 0 Å². The van der Waals surface area contributed by atoms with E-state index in [1.807, 2.05) is 32.9 Å². The van der Waals surface area contributed by atoms with Gasteiger partial charge in [-0.15, -0.1) is 0 Å². The molecular weight excluding hydrogens is 434 g/mol. The van der Waals surface area contributed by atoms with Crippen LogP contribution >= 0.6 is 0 Å². The molecule has 0 aliphatic heterocycles.